The molecule has 0 bridgehead atoms. The summed E-state index contributed by atoms with van der Waals surface area (Å²) in [4.78, 5) is 3.01. The maximum atomic E-state index is 6.38. The highest BCUT2D eigenvalue weighted by Gasteiger charge is 2.20. The molecule has 0 saturated carbocycles. The molecule has 1 atom stereocenters. The topological polar surface area (TPSA) is 28.9 Å². The van der Waals surface area contributed by atoms with E-state index in [4.69, 9.17) is 51.1 Å². The highest BCUT2D eigenvalue weighted by atomic mass is 35.5. The predicted octanol–water partition coefficient (Wildman–Crippen LogP) is 5.87. The molecule has 0 radical (unpaired) electrons. The first-order valence-electron chi connectivity index (χ1n) is 7.56. The van der Waals surface area contributed by atoms with E-state index in [1.54, 1.807) is 30.3 Å². The fourth-order valence-electron chi connectivity index (χ4n) is 2.48. The maximum absolute atomic E-state index is 6.38. The Labute approximate surface area is 166 Å². The van der Waals surface area contributed by atoms with Gasteiger partial charge in [0.25, 0.3) is 0 Å². The molecular weight excluding hydrogens is 402 g/mol. The number of nitrogens with one attached hydrogen (secondary N) is 1. The highest BCUT2D eigenvalue weighted by Crippen LogP contribution is 2.31. The van der Waals surface area contributed by atoms with Crippen LogP contribution >= 0.6 is 46.4 Å². The van der Waals surface area contributed by atoms with Crippen molar-refractivity contribution < 1.29 is 9.30 Å². The van der Waals surface area contributed by atoms with E-state index in [1.165, 1.54) is 0 Å². The van der Waals surface area contributed by atoms with Gasteiger partial charge in [0, 0.05) is 31.2 Å². The summed E-state index contributed by atoms with van der Waals surface area (Å²) in [6.07, 6.45) is 5.31. The molecule has 0 amide bonds. The van der Waals surface area contributed by atoms with Crippen LogP contribution in [0.1, 0.15) is 17.2 Å². The number of halogens is 4. The van der Waals surface area contributed by atoms with E-state index in [-0.39, 0.29) is 12.7 Å². The van der Waals surface area contributed by atoms with E-state index in [2.05, 4.69) is 4.98 Å². The Bertz CT molecular complexity index is 832. The van der Waals surface area contributed by atoms with E-state index >= 15 is 0 Å². The minimum Gasteiger partial charge on any atom is -0.365 e. The van der Waals surface area contributed by atoms with Crippen molar-refractivity contribution in [3.63, 3.8) is 0 Å². The second-order valence-electron chi connectivity index (χ2n) is 5.47. The van der Waals surface area contributed by atoms with Crippen LogP contribution in [0.3, 0.4) is 0 Å². The lowest BCUT2D eigenvalue weighted by Crippen LogP contribution is -2.35. The molecule has 1 aromatic heterocycles. The van der Waals surface area contributed by atoms with Crippen molar-refractivity contribution in [1.82, 2.24) is 4.98 Å². The first kappa shape index (κ1) is 18.6. The molecule has 0 aliphatic heterocycles. The van der Waals surface area contributed by atoms with Crippen LogP contribution in [0.25, 0.3) is 0 Å². The molecule has 1 heterocycles. The minimum atomic E-state index is -0.294. The number of rotatable bonds is 6. The van der Waals surface area contributed by atoms with E-state index in [0.717, 1.165) is 11.1 Å². The SMILES string of the molecule is Clc1ccc(C(C[n+]2cc[nH]c2)OCc2c(Cl)cccc2Cl)c(Cl)c1. The quantitative estimate of drug-likeness (QED) is 0.500. The Kier molecular flexibility index (Phi) is 6.26. The van der Waals surface area contributed by atoms with Gasteiger partial charge < -0.3 is 4.74 Å². The summed E-state index contributed by atoms with van der Waals surface area (Å²) in [6, 6.07) is 10.8. The molecule has 2 aromatic carbocycles. The van der Waals surface area contributed by atoms with Crippen molar-refractivity contribution in [3.05, 3.63) is 86.3 Å². The van der Waals surface area contributed by atoms with Gasteiger partial charge in [-0.1, -0.05) is 58.5 Å². The van der Waals surface area contributed by atoms with Crippen molar-refractivity contribution in [2.45, 2.75) is 19.3 Å². The van der Waals surface area contributed by atoms with Gasteiger partial charge in [-0.3, -0.25) is 4.98 Å². The Balaban J connectivity index is 1.86. The van der Waals surface area contributed by atoms with E-state index in [0.29, 0.717) is 26.6 Å². The summed E-state index contributed by atoms with van der Waals surface area (Å²) >= 11 is 24.9. The fraction of sp³-hybridized carbons (Fsp3) is 0.167. The molecular formula is C18H15Cl4N2O+. The lowest BCUT2D eigenvalue weighted by molar-refractivity contribution is -0.704. The Morgan fingerprint density at radius 2 is 1.76 bits per heavy atom. The summed E-state index contributed by atoms with van der Waals surface area (Å²) in [5.41, 5.74) is 1.60. The Morgan fingerprint density at radius 1 is 1.00 bits per heavy atom. The van der Waals surface area contributed by atoms with Crippen LogP contribution in [-0.2, 0) is 17.9 Å². The number of aromatic amines is 1. The first-order valence-corrected chi connectivity index (χ1v) is 9.07. The van der Waals surface area contributed by atoms with Gasteiger partial charge >= 0.3 is 0 Å². The fourth-order valence-corrected chi connectivity index (χ4v) is 3.52. The number of imidazole rings is 1. The average molecular weight is 417 g/mol. The highest BCUT2D eigenvalue weighted by molar-refractivity contribution is 6.36. The van der Waals surface area contributed by atoms with Gasteiger partial charge in [-0.05, 0) is 24.3 Å². The van der Waals surface area contributed by atoms with Crippen molar-refractivity contribution in [2.24, 2.45) is 0 Å². The normalized spacial score (nSPS) is 12.3. The van der Waals surface area contributed by atoms with Crippen LogP contribution in [0.4, 0.5) is 0 Å². The second-order valence-corrected chi connectivity index (χ2v) is 7.13. The first-order chi connectivity index (χ1) is 12.0. The Hall–Kier alpha value is -1.23. The number of aromatic nitrogens is 2. The zero-order valence-corrected chi connectivity index (χ0v) is 16.1. The molecule has 3 aromatic rings. The van der Waals surface area contributed by atoms with Crippen molar-refractivity contribution in [2.75, 3.05) is 0 Å². The molecule has 0 saturated heterocycles. The third kappa shape index (κ3) is 4.69. The monoisotopic (exact) mass is 415 g/mol. The van der Waals surface area contributed by atoms with Gasteiger partial charge in [0.15, 0.2) is 0 Å². The van der Waals surface area contributed by atoms with Crippen LogP contribution in [0.15, 0.2) is 55.1 Å². The lowest BCUT2D eigenvalue weighted by atomic mass is 10.1. The van der Waals surface area contributed by atoms with Gasteiger partial charge in [0.1, 0.15) is 25.0 Å². The van der Waals surface area contributed by atoms with Gasteiger partial charge in [-0.2, -0.15) is 0 Å². The summed E-state index contributed by atoms with van der Waals surface area (Å²) < 4.78 is 8.11. The minimum absolute atomic E-state index is 0.271. The number of nitrogens with zero attached hydrogens (tertiary/aromatic N) is 1. The molecule has 3 rings (SSSR count). The van der Waals surface area contributed by atoms with E-state index in [1.807, 2.05) is 29.4 Å². The Morgan fingerprint density at radius 3 is 2.40 bits per heavy atom. The third-order valence-electron chi connectivity index (χ3n) is 3.78. The second kappa shape index (κ2) is 8.43. The third-order valence-corrected chi connectivity index (χ3v) is 5.05. The zero-order chi connectivity index (χ0) is 17.8. The molecule has 7 heteroatoms. The molecule has 130 valence electrons. The lowest BCUT2D eigenvalue weighted by Gasteiger charge is -2.19. The zero-order valence-electron chi connectivity index (χ0n) is 13.1. The van der Waals surface area contributed by atoms with E-state index in [9.17, 15) is 0 Å². The smallest absolute Gasteiger partial charge is 0.241 e. The van der Waals surface area contributed by atoms with Gasteiger partial charge in [0.05, 0.1) is 6.61 Å². The summed E-state index contributed by atoms with van der Waals surface area (Å²) in [5, 5.41) is 2.28. The van der Waals surface area contributed by atoms with Crippen LogP contribution < -0.4 is 4.57 Å². The summed E-state index contributed by atoms with van der Waals surface area (Å²) in [7, 11) is 0. The van der Waals surface area contributed by atoms with Crippen molar-refractivity contribution >= 4 is 46.4 Å². The molecule has 1 N–H and O–H groups in total. The van der Waals surface area contributed by atoms with Crippen LogP contribution in [0.5, 0.6) is 0 Å². The molecule has 3 nitrogen and oxygen atoms in total. The molecule has 25 heavy (non-hydrogen) atoms. The number of hydrogen-bond donors (Lipinski definition) is 1. The number of ether oxygens (including phenoxy) is 1. The standard InChI is InChI=1S/C18H14Cl4N2O/c19-12-4-5-13(17(22)8-12)18(9-24-7-6-23-11-24)25-10-14-15(20)2-1-3-16(14)21/h1-8,11,18H,9-10H2/p+1. The van der Waals surface area contributed by atoms with Crippen LogP contribution in [-0.4, -0.2) is 4.98 Å². The van der Waals surface area contributed by atoms with Crippen LogP contribution in [0.2, 0.25) is 20.1 Å². The van der Waals surface area contributed by atoms with Crippen LogP contribution in [0, 0.1) is 0 Å². The maximum Gasteiger partial charge on any atom is 0.241 e. The van der Waals surface area contributed by atoms with Gasteiger partial charge in [-0.25, -0.2) is 4.57 Å². The van der Waals surface area contributed by atoms with Crippen molar-refractivity contribution in [1.29, 1.82) is 0 Å². The number of benzene rings is 2. The molecule has 0 fully saturated rings. The van der Waals surface area contributed by atoms with E-state index < -0.39 is 0 Å². The molecule has 0 aliphatic rings. The van der Waals surface area contributed by atoms with Gasteiger partial charge in [-0.15, -0.1) is 0 Å². The van der Waals surface area contributed by atoms with Gasteiger partial charge in [0.2, 0.25) is 6.33 Å². The number of hydrogen-bond acceptors (Lipinski definition) is 1. The molecule has 1 unspecified atom stereocenters. The summed E-state index contributed by atoms with van der Waals surface area (Å²) in [5.74, 6) is 0. The number of H-pyrrole nitrogens is 1. The van der Waals surface area contributed by atoms with Crippen molar-refractivity contribution in [3.8, 4) is 0 Å². The summed E-state index contributed by atoms with van der Waals surface area (Å²) in [6.45, 7) is 0.847. The molecule has 0 spiro atoms. The predicted molar refractivity (Wildman–Crippen MR) is 101 cm³/mol. The average Bonchev–Trinajstić information content (AvgIpc) is 3.06. The molecule has 0 aliphatic carbocycles. The largest absolute Gasteiger partial charge is 0.365 e.